The molecule has 2 aromatic carbocycles. The predicted molar refractivity (Wildman–Crippen MR) is 132 cm³/mol. The highest BCUT2D eigenvalue weighted by Gasteiger charge is 2.41. The molecule has 0 radical (unpaired) electrons. The third kappa shape index (κ3) is 6.60. The van der Waals surface area contributed by atoms with Crippen LogP contribution in [0.5, 0.6) is 0 Å². The number of nitrogens with one attached hydrogen (secondary N) is 1. The molecule has 3 aromatic rings. The van der Waals surface area contributed by atoms with Crippen LogP contribution in [0.25, 0.3) is 0 Å². The first kappa shape index (κ1) is 23.8. The van der Waals surface area contributed by atoms with Gasteiger partial charge in [0.25, 0.3) is 0 Å². The van der Waals surface area contributed by atoms with Crippen molar-refractivity contribution in [2.75, 3.05) is 17.7 Å². The Kier molecular flexibility index (Phi) is 7.75. The van der Waals surface area contributed by atoms with Gasteiger partial charge in [0, 0.05) is 46.6 Å². The van der Waals surface area contributed by atoms with E-state index in [1.807, 2.05) is 68.0 Å². The Morgan fingerprint density at radius 1 is 1.24 bits per heavy atom. The molecule has 1 aliphatic heterocycles. The van der Waals surface area contributed by atoms with Crippen LogP contribution in [0.1, 0.15) is 24.6 Å². The van der Waals surface area contributed by atoms with Gasteiger partial charge in [-0.05, 0) is 55.3 Å². The molecule has 1 aliphatic rings. The van der Waals surface area contributed by atoms with Crippen molar-refractivity contribution in [1.82, 2.24) is 9.55 Å². The van der Waals surface area contributed by atoms with Crippen molar-refractivity contribution in [2.24, 2.45) is 0 Å². The molecular weight excluding hydrogens is 458 g/mol. The molecule has 2 unspecified atom stereocenters. The highest BCUT2D eigenvalue weighted by atomic mass is 35.5. The molecule has 0 spiro atoms. The standard InChI is InChI=1S/C25H28ClN3O3S/c1-18-13-27-17-29(18)16-25(12-11-20-3-5-21(26)6-4-20)31-14-23(32-25)15-33-24-9-7-22(8-10-24)28-19(2)30/h3-10,13,17,23H,11-12,14-16H2,1-2H3,(H,28,30). The molecule has 1 saturated heterocycles. The summed E-state index contributed by atoms with van der Waals surface area (Å²) >= 11 is 7.75. The van der Waals surface area contributed by atoms with Gasteiger partial charge in [-0.3, -0.25) is 4.79 Å². The molecule has 0 saturated carbocycles. The molecule has 1 aromatic heterocycles. The Labute approximate surface area is 203 Å². The lowest BCUT2D eigenvalue weighted by Gasteiger charge is -2.29. The van der Waals surface area contributed by atoms with Crippen molar-refractivity contribution in [3.05, 3.63) is 77.3 Å². The number of amides is 1. The fraction of sp³-hybridized carbons (Fsp3) is 0.360. The molecule has 0 aliphatic carbocycles. The number of rotatable bonds is 9. The molecule has 2 heterocycles. The summed E-state index contributed by atoms with van der Waals surface area (Å²) in [4.78, 5) is 16.6. The lowest BCUT2D eigenvalue weighted by molar-refractivity contribution is -0.180. The van der Waals surface area contributed by atoms with Gasteiger partial charge >= 0.3 is 0 Å². The number of halogens is 1. The van der Waals surface area contributed by atoms with Crippen LogP contribution in [0.4, 0.5) is 5.69 Å². The molecule has 0 bridgehead atoms. The minimum atomic E-state index is -0.703. The maximum absolute atomic E-state index is 11.2. The zero-order valence-corrected chi connectivity index (χ0v) is 20.4. The first-order valence-corrected chi connectivity index (χ1v) is 12.3. The zero-order chi connectivity index (χ0) is 23.3. The molecule has 1 fully saturated rings. The molecule has 4 rings (SSSR count). The molecule has 8 heteroatoms. The summed E-state index contributed by atoms with van der Waals surface area (Å²) in [5, 5.41) is 3.52. The molecular formula is C25H28ClN3O3S. The van der Waals surface area contributed by atoms with Crippen molar-refractivity contribution in [3.63, 3.8) is 0 Å². The van der Waals surface area contributed by atoms with E-state index in [1.165, 1.54) is 12.5 Å². The number of aryl methyl sites for hydroxylation is 2. The summed E-state index contributed by atoms with van der Waals surface area (Å²) in [5.74, 6) is 0.00594. The van der Waals surface area contributed by atoms with Gasteiger partial charge in [-0.2, -0.15) is 0 Å². The van der Waals surface area contributed by atoms with Gasteiger partial charge in [0.15, 0.2) is 5.79 Å². The Morgan fingerprint density at radius 3 is 2.67 bits per heavy atom. The minimum Gasteiger partial charge on any atom is -0.345 e. The lowest BCUT2D eigenvalue weighted by Crippen LogP contribution is -2.37. The van der Waals surface area contributed by atoms with E-state index in [9.17, 15) is 4.79 Å². The number of hydrogen-bond donors (Lipinski definition) is 1. The lowest BCUT2D eigenvalue weighted by atomic mass is 10.0. The van der Waals surface area contributed by atoms with Crippen LogP contribution >= 0.6 is 23.4 Å². The van der Waals surface area contributed by atoms with Gasteiger partial charge in [-0.15, -0.1) is 11.8 Å². The average molecular weight is 486 g/mol. The van der Waals surface area contributed by atoms with Crippen LogP contribution in [-0.2, 0) is 27.2 Å². The third-order valence-electron chi connectivity index (χ3n) is 5.56. The number of ether oxygens (including phenoxy) is 2. The number of benzene rings is 2. The average Bonchev–Trinajstić information content (AvgIpc) is 3.39. The zero-order valence-electron chi connectivity index (χ0n) is 18.8. The van der Waals surface area contributed by atoms with Gasteiger partial charge in [0.1, 0.15) is 0 Å². The Morgan fingerprint density at radius 2 is 2.00 bits per heavy atom. The smallest absolute Gasteiger partial charge is 0.221 e. The second kappa shape index (κ2) is 10.7. The summed E-state index contributed by atoms with van der Waals surface area (Å²) in [6, 6.07) is 15.8. The third-order valence-corrected chi connectivity index (χ3v) is 6.96. The summed E-state index contributed by atoms with van der Waals surface area (Å²) < 4.78 is 14.9. The quantitative estimate of drug-likeness (QED) is 0.414. The summed E-state index contributed by atoms with van der Waals surface area (Å²) in [6.07, 6.45) is 5.22. The number of nitrogens with zero attached hydrogens (tertiary/aromatic N) is 2. The van der Waals surface area contributed by atoms with E-state index in [-0.39, 0.29) is 12.0 Å². The van der Waals surface area contributed by atoms with Crippen molar-refractivity contribution < 1.29 is 14.3 Å². The highest BCUT2D eigenvalue weighted by molar-refractivity contribution is 7.99. The number of aromatic nitrogens is 2. The fourth-order valence-electron chi connectivity index (χ4n) is 3.82. The highest BCUT2D eigenvalue weighted by Crippen LogP contribution is 2.34. The van der Waals surface area contributed by atoms with Crippen LogP contribution < -0.4 is 5.32 Å². The number of carbonyl (C=O) groups excluding carboxylic acids is 1. The fourth-order valence-corrected chi connectivity index (χ4v) is 4.81. The van der Waals surface area contributed by atoms with Crippen molar-refractivity contribution in [1.29, 1.82) is 0 Å². The van der Waals surface area contributed by atoms with Gasteiger partial charge in [0.2, 0.25) is 5.91 Å². The number of anilines is 1. The van der Waals surface area contributed by atoms with E-state index >= 15 is 0 Å². The Bertz CT molecular complexity index is 1070. The molecule has 33 heavy (non-hydrogen) atoms. The molecule has 1 N–H and O–H groups in total. The summed E-state index contributed by atoms with van der Waals surface area (Å²) in [6.45, 7) is 4.68. The predicted octanol–water partition coefficient (Wildman–Crippen LogP) is 5.34. The monoisotopic (exact) mass is 485 g/mol. The number of imidazole rings is 1. The maximum Gasteiger partial charge on any atom is 0.221 e. The van der Waals surface area contributed by atoms with Crippen molar-refractivity contribution >= 4 is 35.0 Å². The Balaban J connectivity index is 1.39. The second-order valence-corrected chi connectivity index (χ2v) is 9.80. The van der Waals surface area contributed by atoms with Crippen molar-refractivity contribution in [2.45, 2.75) is 50.0 Å². The number of carbonyl (C=O) groups is 1. The minimum absolute atomic E-state index is 0.0148. The van der Waals surface area contributed by atoms with E-state index in [4.69, 9.17) is 21.1 Å². The summed E-state index contributed by atoms with van der Waals surface area (Å²) in [7, 11) is 0. The second-order valence-electron chi connectivity index (χ2n) is 8.27. The van der Waals surface area contributed by atoms with E-state index < -0.39 is 5.79 Å². The summed E-state index contributed by atoms with van der Waals surface area (Å²) in [5.41, 5.74) is 3.07. The van der Waals surface area contributed by atoms with Gasteiger partial charge in [-0.1, -0.05) is 23.7 Å². The maximum atomic E-state index is 11.2. The van der Waals surface area contributed by atoms with Crippen LogP contribution in [-0.4, -0.2) is 39.7 Å². The normalized spacial score (nSPS) is 20.2. The number of hydrogen-bond acceptors (Lipinski definition) is 5. The van der Waals surface area contributed by atoms with E-state index in [0.717, 1.165) is 39.9 Å². The molecule has 2 atom stereocenters. The Hall–Kier alpha value is -2.32. The largest absolute Gasteiger partial charge is 0.345 e. The molecule has 1 amide bonds. The van der Waals surface area contributed by atoms with Crippen LogP contribution in [0.3, 0.4) is 0 Å². The van der Waals surface area contributed by atoms with Crippen molar-refractivity contribution in [3.8, 4) is 0 Å². The van der Waals surface area contributed by atoms with Gasteiger partial charge in [-0.25, -0.2) is 4.98 Å². The van der Waals surface area contributed by atoms with Crippen LogP contribution in [0.2, 0.25) is 5.02 Å². The van der Waals surface area contributed by atoms with Crippen LogP contribution in [0.15, 0.2) is 66.0 Å². The van der Waals surface area contributed by atoms with E-state index in [2.05, 4.69) is 14.9 Å². The van der Waals surface area contributed by atoms with Gasteiger partial charge < -0.3 is 19.4 Å². The molecule has 6 nitrogen and oxygen atoms in total. The van der Waals surface area contributed by atoms with Crippen LogP contribution in [0, 0.1) is 6.92 Å². The molecule has 174 valence electrons. The SMILES string of the molecule is CC(=O)Nc1ccc(SCC2COC(CCc3ccc(Cl)cc3)(Cn3cncc3C)O2)cc1. The van der Waals surface area contributed by atoms with E-state index in [1.54, 1.807) is 11.8 Å². The number of thioether (sulfide) groups is 1. The van der Waals surface area contributed by atoms with Gasteiger partial charge in [0.05, 0.1) is 25.6 Å². The first-order valence-electron chi connectivity index (χ1n) is 10.9. The topological polar surface area (TPSA) is 65.4 Å². The first-order chi connectivity index (χ1) is 15.9. The van der Waals surface area contributed by atoms with E-state index in [0.29, 0.717) is 13.2 Å².